The molecule has 118 valence electrons. The largest absolute Gasteiger partial charge is 0.467 e. The number of aromatic nitrogens is 1. The van der Waals surface area contributed by atoms with Gasteiger partial charge in [0.15, 0.2) is 0 Å². The van der Waals surface area contributed by atoms with Gasteiger partial charge in [0.05, 0.1) is 24.9 Å². The van der Waals surface area contributed by atoms with Gasteiger partial charge in [-0.15, -0.1) is 0 Å². The summed E-state index contributed by atoms with van der Waals surface area (Å²) in [5.74, 6) is 0.0589. The summed E-state index contributed by atoms with van der Waals surface area (Å²) in [7, 11) is 0. The van der Waals surface area contributed by atoms with E-state index in [-0.39, 0.29) is 24.6 Å². The van der Waals surface area contributed by atoms with Gasteiger partial charge in [0.1, 0.15) is 11.6 Å². The van der Waals surface area contributed by atoms with Gasteiger partial charge in [-0.25, -0.2) is 4.39 Å². The number of furan rings is 1. The van der Waals surface area contributed by atoms with Crippen LogP contribution in [0.4, 0.5) is 4.39 Å². The molecule has 0 unspecified atom stereocenters. The number of hydrogen-bond acceptors (Lipinski definition) is 3. The number of carbonyl (C=O) groups excluding carboxylic acids is 1. The van der Waals surface area contributed by atoms with E-state index in [1.165, 1.54) is 30.2 Å². The van der Waals surface area contributed by atoms with E-state index in [2.05, 4.69) is 4.98 Å². The highest BCUT2D eigenvalue weighted by Crippen LogP contribution is 2.15. The summed E-state index contributed by atoms with van der Waals surface area (Å²) in [6, 6.07) is 9.37. The van der Waals surface area contributed by atoms with E-state index in [1.54, 1.807) is 24.3 Å². The average molecular weight is 314 g/mol. The number of carbonyl (C=O) groups is 1. The summed E-state index contributed by atoms with van der Waals surface area (Å²) in [6.07, 6.45) is 1.53. The minimum absolute atomic E-state index is 0.151. The Bertz CT molecular complexity index is 900. The van der Waals surface area contributed by atoms with Crippen molar-refractivity contribution in [1.29, 1.82) is 0 Å². The van der Waals surface area contributed by atoms with Gasteiger partial charge in [-0.1, -0.05) is 0 Å². The van der Waals surface area contributed by atoms with Crippen LogP contribution >= 0.6 is 0 Å². The highest BCUT2D eigenvalue weighted by molar-refractivity contribution is 5.79. The van der Waals surface area contributed by atoms with Crippen LogP contribution in [0.5, 0.6) is 0 Å². The predicted molar refractivity (Wildman–Crippen MR) is 83.2 cm³/mol. The van der Waals surface area contributed by atoms with Crippen LogP contribution in [-0.4, -0.2) is 15.8 Å². The van der Waals surface area contributed by atoms with Gasteiger partial charge in [0.25, 0.3) is 5.56 Å². The highest BCUT2D eigenvalue weighted by atomic mass is 19.1. The molecule has 0 spiro atoms. The maximum absolute atomic E-state index is 13.2. The third-order valence-corrected chi connectivity index (χ3v) is 3.62. The first-order valence-electron chi connectivity index (χ1n) is 7.12. The SMILES string of the molecule is CC(=O)N(Cc1ccco1)Cc1cc2ccc(F)cc2[nH]c1=O. The van der Waals surface area contributed by atoms with Crippen LogP contribution in [0.1, 0.15) is 18.2 Å². The van der Waals surface area contributed by atoms with Crippen LogP contribution in [0.25, 0.3) is 10.9 Å². The Hall–Kier alpha value is -2.89. The molecular formula is C17H15FN2O3. The number of pyridine rings is 1. The molecule has 0 saturated heterocycles. The second kappa shape index (κ2) is 6.08. The van der Waals surface area contributed by atoms with E-state index in [4.69, 9.17) is 4.42 Å². The van der Waals surface area contributed by atoms with Crippen molar-refractivity contribution in [2.45, 2.75) is 20.0 Å². The molecule has 0 fully saturated rings. The molecule has 1 N–H and O–H groups in total. The number of aromatic amines is 1. The molecule has 0 aliphatic heterocycles. The Labute approximate surface area is 131 Å². The van der Waals surface area contributed by atoms with Gasteiger partial charge in [-0.05, 0) is 41.8 Å². The quantitative estimate of drug-likeness (QED) is 0.805. The molecule has 0 bridgehead atoms. The Morgan fingerprint density at radius 1 is 1.26 bits per heavy atom. The van der Waals surface area contributed by atoms with Crippen molar-refractivity contribution in [3.63, 3.8) is 0 Å². The van der Waals surface area contributed by atoms with E-state index in [9.17, 15) is 14.0 Å². The predicted octanol–water partition coefficient (Wildman–Crippen LogP) is 2.81. The number of nitrogens with zero attached hydrogens (tertiary/aromatic N) is 1. The first-order chi connectivity index (χ1) is 11.0. The third-order valence-electron chi connectivity index (χ3n) is 3.62. The molecule has 3 rings (SSSR count). The van der Waals surface area contributed by atoms with E-state index in [0.29, 0.717) is 22.2 Å². The van der Waals surface area contributed by atoms with Gasteiger partial charge in [-0.2, -0.15) is 0 Å². The monoisotopic (exact) mass is 314 g/mol. The molecule has 0 aliphatic rings. The lowest BCUT2D eigenvalue weighted by Gasteiger charge is -2.19. The topological polar surface area (TPSA) is 66.3 Å². The van der Waals surface area contributed by atoms with Crippen LogP contribution in [0.15, 0.2) is 51.9 Å². The minimum atomic E-state index is -0.413. The Kier molecular flexibility index (Phi) is 3.97. The number of rotatable bonds is 4. The molecule has 2 heterocycles. The lowest BCUT2D eigenvalue weighted by molar-refractivity contribution is -0.130. The molecule has 3 aromatic rings. The van der Waals surface area contributed by atoms with Gasteiger partial charge in [0.2, 0.25) is 5.91 Å². The van der Waals surface area contributed by atoms with Crippen LogP contribution in [0, 0.1) is 5.82 Å². The lowest BCUT2D eigenvalue weighted by atomic mass is 10.1. The summed E-state index contributed by atoms with van der Waals surface area (Å²) < 4.78 is 18.5. The molecule has 0 atom stereocenters. The van der Waals surface area contributed by atoms with Crippen LogP contribution in [0.3, 0.4) is 0 Å². The van der Waals surface area contributed by atoms with Crippen molar-refractivity contribution >= 4 is 16.8 Å². The zero-order chi connectivity index (χ0) is 16.4. The highest BCUT2D eigenvalue weighted by Gasteiger charge is 2.14. The van der Waals surface area contributed by atoms with Crippen molar-refractivity contribution in [1.82, 2.24) is 9.88 Å². The van der Waals surface area contributed by atoms with Gasteiger partial charge in [0, 0.05) is 12.5 Å². The molecule has 0 saturated carbocycles. The second-order valence-corrected chi connectivity index (χ2v) is 5.31. The summed E-state index contributed by atoms with van der Waals surface area (Å²) in [6.45, 7) is 1.87. The molecule has 1 aromatic carbocycles. The fourth-order valence-electron chi connectivity index (χ4n) is 2.41. The number of benzene rings is 1. The summed E-state index contributed by atoms with van der Waals surface area (Å²) >= 11 is 0. The number of H-pyrrole nitrogens is 1. The second-order valence-electron chi connectivity index (χ2n) is 5.31. The number of amides is 1. The smallest absolute Gasteiger partial charge is 0.253 e. The first kappa shape index (κ1) is 15.0. The number of hydrogen-bond donors (Lipinski definition) is 1. The van der Waals surface area contributed by atoms with E-state index >= 15 is 0 Å². The van der Waals surface area contributed by atoms with Crippen molar-refractivity contribution in [3.05, 3.63) is 70.2 Å². The van der Waals surface area contributed by atoms with Gasteiger partial charge < -0.3 is 14.3 Å². The molecular weight excluding hydrogens is 299 g/mol. The van der Waals surface area contributed by atoms with Crippen molar-refractivity contribution in [2.75, 3.05) is 0 Å². The minimum Gasteiger partial charge on any atom is -0.467 e. The normalized spacial score (nSPS) is 10.9. The van der Waals surface area contributed by atoms with Gasteiger partial charge >= 0.3 is 0 Å². The maximum atomic E-state index is 13.2. The number of nitrogens with one attached hydrogen (secondary N) is 1. The molecule has 23 heavy (non-hydrogen) atoms. The third kappa shape index (κ3) is 3.31. The molecule has 0 aliphatic carbocycles. The zero-order valence-electron chi connectivity index (χ0n) is 12.5. The average Bonchev–Trinajstić information content (AvgIpc) is 3.00. The summed E-state index contributed by atoms with van der Waals surface area (Å²) in [5.41, 5.74) is 0.527. The summed E-state index contributed by atoms with van der Waals surface area (Å²) in [5, 5.41) is 0.711. The van der Waals surface area contributed by atoms with E-state index in [1.807, 2.05) is 0 Å². The van der Waals surface area contributed by atoms with Crippen molar-refractivity contribution in [2.24, 2.45) is 0 Å². The van der Waals surface area contributed by atoms with Crippen LogP contribution < -0.4 is 5.56 Å². The lowest BCUT2D eigenvalue weighted by Crippen LogP contribution is -2.30. The fourth-order valence-corrected chi connectivity index (χ4v) is 2.41. The first-order valence-corrected chi connectivity index (χ1v) is 7.12. The fraction of sp³-hybridized carbons (Fsp3) is 0.176. The van der Waals surface area contributed by atoms with Crippen molar-refractivity contribution in [3.8, 4) is 0 Å². The molecule has 2 aromatic heterocycles. The number of fused-ring (bicyclic) bond motifs is 1. The van der Waals surface area contributed by atoms with E-state index < -0.39 is 5.82 Å². The molecule has 1 amide bonds. The van der Waals surface area contributed by atoms with Crippen LogP contribution in [-0.2, 0) is 17.9 Å². The molecule has 6 heteroatoms. The Morgan fingerprint density at radius 3 is 2.78 bits per heavy atom. The Balaban J connectivity index is 1.92. The van der Waals surface area contributed by atoms with E-state index in [0.717, 1.165) is 0 Å². The maximum Gasteiger partial charge on any atom is 0.253 e. The molecule has 5 nitrogen and oxygen atoms in total. The standard InChI is InChI=1S/C17H15FN2O3/c1-11(21)20(10-15-3-2-6-23-15)9-13-7-12-4-5-14(18)8-16(12)19-17(13)22/h2-8H,9-10H2,1H3,(H,19,22). The number of halogens is 1. The van der Waals surface area contributed by atoms with Crippen LogP contribution in [0.2, 0.25) is 0 Å². The van der Waals surface area contributed by atoms with Gasteiger partial charge in [-0.3, -0.25) is 9.59 Å². The molecule has 0 radical (unpaired) electrons. The Morgan fingerprint density at radius 2 is 2.09 bits per heavy atom. The summed E-state index contributed by atoms with van der Waals surface area (Å²) in [4.78, 5) is 28.1. The zero-order valence-corrected chi connectivity index (χ0v) is 12.5. The van der Waals surface area contributed by atoms with Crippen molar-refractivity contribution < 1.29 is 13.6 Å².